The van der Waals surface area contributed by atoms with Crippen molar-refractivity contribution in [3.63, 3.8) is 0 Å². The van der Waals surface area contributed by atoms with E-state index >= 15 is 0 Å². The van der Waals surface area contributed by atoms with Gasteiger partial charge < -0.3 is 19.1 Å². The Morgan fingerprint density at radius 1 is 0.833 bits per heavy atom. The average Bonchev–Trinajstić information content (AvgIpc) is 3.22. The van der Waals surface area contributed by atoms with Gasteiger partial charge in [-0.3, -0.25) is 0 Å². The molecule has 1 aromatic carbocycles. The molecular formula is C27H36N8O. The van der Waals surface area contributed by atoms with E-state index in [0.717, 1.165) is 66.5 Å². The van der Waals surface area contributed by atoms with Gasteiger partial charge in [0.1, 0.15) is 5.75 Å². The lowest BCUT2D eigenvalue weighted by Gasteiger charge is -2.30. The minimum Gasteiger partial charge on any atom is -0.497 e. The van der Waals surface area contributed by atoms with Gasteiger partial charge in [0.15, 0.2) is 0 Å². The number of aryl methyl sites for hydroxylation is 1. The fraction of sp³-hybridized carbons (Fsp3) is 0.481. The average molecular weight is 489 g/mol. The highest BCUT2D eigenvalue weighted by molar-refractivity contribution is 5.82. The van der Waals surface area contributed by atoms with E-state index in [-0.39, 0.29) is 0 Å². The predicted molar refractivity (Wildman–Crippen MR) is 145 cm³/mol. The molecule has 4 heterocycles. The fourth-order valence-electron chi connectivity index (χ4n) is 5.08. The Labute approximate surface area is 213 Å². The lowest BCUT2D eigenvalue weighted by atomic mass is 10.1. The normalized spacial score (nSPS) is 16.5. The van der Waals surface area contributed by atoms with Crippen LogP contribution in [0.4, 0.5) is 17.8 Å². The first-order chi connectivity index (χ1) is 17.6. The van der Waals surface area contributed by atoms with Crippen molar-refractivity contribution in [2.24, 2.45) is 5.10 Å². The number of rotatable bonds is 7. The van der Waals surface area contributed by atoms with Gasteiger partial charge in [-0.15, -0.1) is 0 Å². The van der Waals surface area contributed by atoms with Crippen molar-refractivity contribution in [2.45, 2.75) is 52.4 Å². The van der Waals surface area contributed by atoms with Crippen LogP contribution in [0.1, 0.15) is 55.5 Å². The molecule has 36 heavy (non-hydrogen) atoms. The maximum absolute atomic E-state index is 5.30. The molecule has 0 atom stereocenters. The Balaban J connectivity index is 1.37. The number of hydrazone groups is 1. The van der Waals surface area contributed by atoms with Gasteiger partial charge in [-0.2, -0.15) is 20.1 Å². The number of aromatic nitrogens is 4. The maximum atomic E-state index is 5.30. The summed E-state index contributed by atoms with van der Waals surface area (Å²) in [5.74, 6) is 2.84. The summed E-state index contributed by atoms with van der Waals surface area (Å²) in [6, 6.07) is 10.2. The number of benzene rings is 1. The number of nitrogens with zero attached hydrogens (tertiary/aromatic N) is 7. The smallest absolute Gasteiger partial charge is 0.250 e. The van der Waals surface area contributed by atoms with Gasteiger partial charge in [-0.1, -0.05) is 0 Å². The van der Waals surface area contributed by atoms with E-state index in [0.29, 0.717) is 5.95 Å². The molecule has 0 bridgehead atoms. The first kappa shape index (κ1) is 24.1. The molecule has 9 nitrogen and oxygen atoms in total. The van der Waals surface area contributed by atoms with Crippen LogP contribution < -0.4 is 20.0 Å². The minimum atomic E-state index is 0.492. The Bertz CT molecular complexity index is 1150. The summed E-state index contributed by atoms with van der Waals surface area (Å²) in [5, 5.41) is 4.52. The monoisotopic (exact) mass is 488 g/mol. The summed E-state index contributed by atoms with van der Waals surface area (Å²) in [7, 11) is 1.68. The molecule has 2 aliphatic heterocycles. The van der Waals surface area contributed by atoms with E-state index in [1.807, 2.05) is 18.3 Å². The van der Waals surface area contributed by atoms with Crippen LogP contribution in [0.25, 0.3) is 5.69 Å². The number of ether oxygens (including phenoxy) is 1. The Morgan fingerprint density at radius 2 is 1.42 bits per heavy atom. The topological polar surface area (TPSA) is 83.7 Å². The first-order valence-electron chi connectivity index (χ1n) is 13.0. The molecule has 1 N–H and O–H groups in total. The van der Waals surface area contributed by atoms with E-state index in [1.54, 1.807) is 7.11 Å². The van der Waals surface area contributed by atoms with Gasteiger partial charge >= 0.3 is 0 Å². The van der Waals surface area contributed by atoms with E-state index in [2.05, 4.69) is 56.9 Å². The van der Waals surface area contributed by atoms with Crippen molar-refractivity contribution >= 4 is 24.1 Å². The molecule has 2 fully saturated rings. The van der Waals surface area contributed by atoms with Gasteiger partial charge in [0.2, 0.25) is 17.8 Å². The van der Waals surface area contributed by atoms with Gasteiger partial charge in [0.25, 0.3) is 0 Å². The second-order valence-corrected chi connectivity index (χ2v) is 9.58. The molecule has 0 saturated carbocycles. The molecule has 2 aromatic heterocycles. The molecule has 9 heteroatoms. The van der Waals surface area contributed by atoms with Crippen LogP contribution in [0.15, 0.2) is 35.4 Å². The largest absolute Gasteiger partial charge is 0.497 e. The van der Waals surface area contributed by atoms with Crippen LogP contribution in [-0.2, 0) is 0 Å². The van der Waals surface area contributed by atoms with Gasteiger partial charge in [-0.05, 0) is 82.7 Å². The van der Waals surface area contributed by atoms with Crippen molar-refractivity contribution < 1.29 is 4.74 Å². The minimum absolute atomic E-state index is 0.492. The third-order valence-corrected chi connectivity index (χ3v) is 7.06. The Hall–Kier alpha value is -3.62. The Morgan fingerprint density at radius 3 is 1.97 bits per heavy atom. The standard InChI is InChI=1S/C27H36N8O/c1-20-18-22(21(2)35(20)23-10-12-24(36-3)13-11-23)19-28-32-25-29-26(33-14-6-4-7-15-33)31-27(30-25)34-16-8-5-9-17-34/h10-13,18-19H,4-9,14-17H2,1-3H3,(H,29,30,31,32)/b28-19+. The zero-order valence-electron chi connectivity index (χ0n) is 21.6. The lowest BCUT2D eigenvalue weighted by Crippen LogP contribution is -2.34. The first-order valence-corrected chi connectivity index (χ1v) is 13.0. The molecule has 190 valence electrons. The second kappa shape index (κ2) is 11.0. The summed E-state index contributed by atoms with van der Waals surface area (Å²) in [6.45, 7) is 8.16. The van der Waals surface area contributed by atoms with Crippen LogP contribution >= 0.6 is 0 Å². The number of piperidine rings is 2. The lowest BCUT2D eigenvalue weighted by molar-refractivity contribution is 0.414. The van der Waals surface area contributed by atoms with Crippen LogP contribution in [0.2, 0.25) is 0 Å². The van der Waals surface area contributed by atoms with E-state index in [1.165, 1.54) is 38.5 Å². The van der Waals surface area contributed by atoms with Crippen LogP contribution in [-0.4, -0.2) is 59.0 Å². The van der Waals surface area contributed by atoms with Crippen molar-refractivity contribution in [2.75, 3.05) is 48.5 Å². The van der Waals surface area contributed by atoms with Crippen molar-refractivity contribution in [1.29, 1.82) is 0 Å². The van der Waals surface area contributed by atoms with Crippen molar-refractivity contribution in [3.05, 3.63) is 47.3 Å². The fourth-order valence-corrected chi connectivity index (χ4v) is 5.08. The molecule has 3 aromatic rings. The molecule has 2 aliphatic rings. The number of hydrogen-bond acceptors (Lipinski definition) is 8. The van der Waals surface area contributed by atoms with E-state index in [9.17, 15) is 0 Å². The molecule has 2 saturated heterocycles. The number of methoxy groups -OCH3 is 1. The summed E-state index contributed by atoms with van der Waals surface area (Å²) in [5.41, 5.74) is 7.47. The molecule has 0 spiro atoms. The molecular weight excluding hydrogens is 452 g/mol. The van der Waals surface area contributed by atoms with Gasteiger partial charge in [0, 0.05) is 48.8 Å². The zero-order valence-corrected chi connectivity index (χ0v) is 21.6. The molecule has 0 amide bonds. The third kappa shape index (κ3) is 5.29. The van der Waals surface area contributed by atoms with Crippen molar-refractivity contribution in [3.8, 4) is 11.4 Å². The summed E-state index contributed by atoms with van der Waals surface area (Å²) >= 11 is 0. The molecule has 0 radical (unpaired) electrons. The zero-order chi connectivity index (χ0) is 24.9. The van der Waals surface area contributed by atoms with Gasteiger partial charge in [-0.25, -0.2) is 5.43 Å². The number of nitrogens with one attached hydrogen (secondary N) is 1. The summed E-state index contributed by atoms with van der Waals surface area (Å²) in [4.78, 5) is 18.8. The Kier molecular flexibility index (Phi) is 7.34. The maximum Gasteiger partial charge on any atom is 0.250 e. The highest BCUT2D eigenvalue weighted by Crippen LogP contribution is 2.24. The van der Waals surface area contributed by atoms with Crippen LogP contribution in [0.3, 0.4) is 0 Å². The quantitative estimate of drug-likeness (QED) is 0.381. The summed E-state index contributed by atoms with van der Waals surface area (Å²) < 4.78 is 7.51. The van der Waals surface area contributed by atoms with Crippen molar-refractivity contribution in [1.82, 2.24) is 19.5 Å². The second-order valence-electron chi connectivity index (χ2n) is 9.58. The van der Waals surface area contributed by atoms with E-state index in [4.69, 9.17) is 19.7 Å². The van der Waals surface area contributed by atoms with Gasteiger partial charge in [0.05, 0.1) is 13.3 Å². The third-order valence-electron chi connectivity index (χ3n) is 7.06. The molecule has 5 rings (SSSR count). The SMILES string of the molecule is COc1ccc(-n2c(C)cc(/C=N/Nc3nc(N4CCCCC4)nc(N4CCCCC4)n3)c2C)cc1. The molecule has 0 aliphatic carbocycles. The summed E-state index contributed by atoms with van der Waals surface area (Å²) in [6.07, 6.45) is 9.08. The highest BCUT2D eigenvalue weighted by atomic mass is 16.5. The van der Waals surface area contributed by atoms with Crippen LogP contribution in [0.5, 0.6) is 5.75 Å². The molecule has 0 unspecified atom stereocenters. The predicted octanol–water partition coefficient (Wildman–Crippen LogP) is 4.71. The van der Waals surface area contributed by atoms with E-state index < -0.39 is 0 Å². The highest BCUT2D eigenvalue weighted by Gasteiger charge is 2.20. The van der Waals surface area contributed by atoms with Crippen LogP contribution in [0, 0.1) is 13.8 Å². The number of hydrogen-bond donors (Lipinski definition) is 1. The number of anilines is 3.